The molecule has 6 nitrogen and oxygen atoms in total. The average Bonchev–Trinajstić information content (AvgIpc) is 3.19. The van der Waals surface area contributed by atoms with Crippen LogP contribution < -0.4 is 5.73 Å². The zero-order valence-corrected chi connectivity index (χ0v) is 13.1. The predicted molar refractivity (Wildman–Crippen MR) is 81.9 cm³/mol. The van der Waals surface area contributed by atoms with E-state index in [1.165, 1.54) is 7.11 Å². The highest BCUT2D eigenvalue weighted by atomic mass is 32.1. The summed E-state index contributed by atoms with van der Waals surface area (Å²) >= 11 is 1.63. The molecule has 1 aromatic heterocycles. The van der Waals surface area contributed by atoms with Gasteiger partial charge in [-0.15, -0.1) is 0 Å². The SMILES string of the molecule is CO[C@H](C)/C(N)=N\OCC(=O)N(Cc1ccsc1)C1CC1. The van der Waals surface area contributed by atoms with Gasteiger partial charge in [0.2, 0.25) is 0 Å². The molecule has 2 N–H and O–H groups in total. The van der Waals surface area contributed by atoms with Crippen molar-refractivity contribution in [2.24, 2.45) is 10.9 Å². The monoisotopic (exact) mass is 311 g/mol. The number of hydrogen-bond donors (Lipinski definition) is 1. The predicted octanol–water partition coefficient (Wildman–Crippen LogP) is 1.56. The largest absolute Gasteiger partial charge is 0.384 e. The molecule has 2 rings (SSSR count). The Kier molecular flexibility index (Phi) is 5.58. The normalized spacial score (nSPS) is 16.6. The van der Waals surface area contributed by atoms with E-state index in [0.717, 1.165) is 18.4 Å². The number of carbonyl (C=O) groups excluding carboxylic acids is 1. The van der Waals surface area contributed by atoms with Crippen LogP contribution in [0.25, 0.3) is 0 Å². The van der Waals surface area contributed by atoms with Gasteiger partial charge in [-0.1, -0.05) is 5.16 Å². The fourth-order valence-corrected chi connectivity index (χ4v) is 2.49. The summed E-state index contributed by atoms with van der Waals surface area (Å²) in [5.41, 5.74) is 6.80. The van der Waals surface area contributed by atoms with Crippen LogP contribution in [-0.4, -0.2) is 42.5 Å². The van der Waals surface area contributed by atoms with Crippen LogP contribution in [0.15, 0.2) is 22.0 Å². The smallest absolute Gasteiger partial charge is 0.263 e. The summed E-state index contributed by atoms with van der Waals surface area (Å²) < 4.78 is 5.01. The van der Waals surface area contributed by atoms with Gasteiger partial charge in [-0.05, 0) is 42.2 Å². The first-order valence-corrected chi connectivity index (χ1v) is 7.84. The minimum absolute atomic E-state index is 0.0645. The van der Waals surface area contributed by atoms with Crippen molar-refractivity contribution in [3.63, 3.8) is 0 Å². The third kappa shape index (κ3) is 4.71. The number of rotatable bonds is 8. The Morgan fingerprint density at radius 3 is 2.95 bits per heavy atom. The fraction of sp³-hybridized carbons (Fsp3) is 0.571. The number of amides is 1. The Morgan fingerprint density at radius 2 is 2.38 bits per heavy atom. The third-order valence-electron chi connectivity index (χ3n) is 3.37. The Hall–Kier alpha value is -1.60. The number of nitrogens with zero attached hydrogens (tertiary/aromatic N) is 2. The first-order valence-electron chi connectivity index (χ1n) is 6.90. The van der Waals surface area contributed by atoms with Crippen molar-refractivity contribution in [1.82, 2.24) is 4.90 Å². The molecule has 1 heterocycles. The standard InChI is InChI=1S/C14H21N3O3S/c1-10(19-2)14(15)16-20-8-13(18)17(12-3-4-12)7-11-5-6-21-9-11/h5-6,9-10,12H,3-4,7-8H2,1-2H3,(H2,15,16)/t10-/m1/s1. The molecule has 1 saturated carbocycles. The van der Waals surface area contributed by atoms with Crippen LogP contribution in [0.3, 0.4) is 0 Å². The van der Waals surface area contributed by atoms with E-state index in [9.17, 15) is 4.79 Å². The van der Waals surface area contributed by atoms with Gasteiger partial charge in [0.1, 0.15) is 6.10 Å². The van der Waals surface area contributed by atoms with Gasteiger partial charge >= 0.3 is 0 Å². The zero-order chi connectivity index (χ0) is 15.2. The molecule has 0 aliphatic heterocycles. The topological polar surface area (TPSA) is 77.1 Å². The van der Waals surface area contributed by atoms with Crippen LogP contribution in [0.4, 0.5) is 0 Å². The molecule has 0 unspecified atom stereocenters. The van der Waals surface area contributed by atoms with Gasteiger partial charge in [-0.3, -0.25) is 4.79 Å². The number of hydrogen-bond acceptors (Lipinski definition) is 5. The van der Waals surface area contributed by atoms with Crippen LogP contribution >= 0.6 is 11.3 Å². The van der Waals surface area contributed by atoms with Crippen molar-refractivity contribution in [3.05, 3.63) is 22.4 Å². The molecule has 0 spiro atoms. The van der Waals surface area contributed by atoms with E-state index in [0.29, 0.717) is 12.6 Å². The summed E-state index contributed by atoms with van der Waals surface area (Å²) in [5.74, 6) is 0.159. The number of oxime groups is 1. The van der Waals surface area contributed by atoms with E-state index < -0.39 is 0 Å². The van der Waals surface area contributed by atoms with Gasteiger partial charge in [-0.2, -0.15) is 11.3 Å². The number of ether oxygens (including phenoxy) is 1. The van der Waals surface area contributed by atoms with Gasteiger partial charge in [0.15, 0.2) is 12.4 Å². The van der Waals surface area contributed by atoms with E-state index in [1.807, 2.05) is 16.3 Å². The molecule has 1 aliphatic carbocycles. The van der Waals surface area contributed by atoms with Crippen molar-refractivity contribution >= 4 is 23.1 Å². The zero-order valence-electron chi connectivity index (χ0n) is 12.3. The highest BCUT2D eigenvalue weighted by Crippen LogP contribution is 2.28. The van der Waals surface area contributed by atoms with Crippen molar-refractivity contribution in [3.8, 4) is 0 Å². The number of methoxy groups -OCH3 is 1. The van der Waals surface area contributed by atoms with Crippen molar-refractivity contribution in [2.45, 2.75) is 38.5 Å². The molecule has 0 bridgehead atoms. The highest BCUT2D eigenvalue weighted by molar-refractivity contribution is 7.07. The summed E-state index contributed by atoms with van der Waals surface area (Å²) in [6.45, 7) is 2.29. The van der Waals surface area contributed by atoms with Gasteiger partial charge in [0.05, 0.1) is 0 Å². The minimum Gasteiger partial charge on any atom is -0.384 e. The fourth-order valence-electron chi connectivity index (χ4n) is 1.83. The molecule has 1 aliphatic rings. The van der Waals surface area contributed by atoms with E-state index in [4.69, 9.17) is 15.3 Å². The van der Waals surface area contributed by atoms with Gasteiger partial charge < -0.3 is 20.2 Å². The summed E-state index contributed by atoms with van der Waals surface area (Å²) in [6, 6.07) is 2.37. The molecule has 116 valence electrons. The Bertz CT molecular complexity index is 486. The molecular weight excluding hydrogens is 290 g/mol. The second kappa shape index (κ2) is 7.42. The molecule has 0 saturated heterocycles. The second-order valence-electron chi connectivity index (χ2n) is 5.05. The van der Waals surface area contributed by atoms with Gasteiger partial charge in [-0.25, -0.2) is 0 Å². The Balaban J connectivity index is 1.85. The van der Waals surface area contributed by atoms with Crippen molar-refractivity contribution in [2.75, 3.05) is 13.7 Å². The maximum Gasteiger partial charge on any atom is 0.263 e. The van der Waals surface area contributed by atoms with E-state index >= 15 is 0 Å². The molecular formula is C14H21N3O3S. The van der Waals surface area contributed by atoms with E-state index in [-0.39, 0.29) is 24.5 Å². The first-order chi connectivity index (χ1) is 10.1. The summed E-state index contributed by atoms with van der Waals surface area (Å²) in [5, 5.41) is 7.79. The molecule has 21 heavy (non-hydrogen) atoms. The molecule has 0 aromatic carbocycles. The number of amidine groups is 1. The second-order valence-corrected chi connectivity index (χ2v) is 5.83. The first kappa shape index (κ1) is 15.8. The summed E-state index contributed by atoms with van der Waals surface area (Å²) in [6.07, 6.45) is 1.79. The van der Waals surface area contributed by atoms with Crippen LogP contribution in [0.2, 0.25) is 0 Å². The maximum absolute atomic E-state index is 12.2. The third-order valence-corrected chi connectivity index (χ3v) is 4.10. The molecule has 1 aromatic rings. The van der Waals surface area contributed by atoms with E-state index in [1.54, 1.807) is 18.3 Å². The van der Waals surface area contributed by atoms with E-state index in [2.05, 4.69) is 10.5 Å². The van der Waals surface area contributed by atoms with Crippen LogP contribution in [0.5, 0.6) is 0 Å². The minimum atomic E-state index is -0.328. The Labute approximate surface area is 128 Å². The number of thiophene rings is 1. The van der Waals surface area contributed by atoms with Crippen LogP contribution in [0, 0.1) is 0 Å². The molecule has 0 radical (unpaired) electrons. The van der Waals surface area contributed by atoms with Crippen molar-refractivity contribution < 1.29 is 14.4 Å². The highest BCUT2D eigenvalue weighted by Gasteiger charge is 2.32. The lowest BCUT2D eigenvalue weighted by Crippen LogP contribution is -2.35. The lowest BCUT2D eigenvalue weighted by Gasteiger charge is -2.21. The average molecular weight is 311 g/mol. The van der Waals surface area contributed by atoms with Crippen LogP contribution in [0.1, 0.15) is 25.3 Å². The number of carbonyl (C=O) groups is 1. The van der Waals surface area contributed by atoms with Gasteiger partial charge in [0, 0.05) is 19.7 Å². The quantitative estimate of drug-likeness (QED) is 0.449. The van der Waals surface area contributed by atoms with Crippen LogP contribution in [-0.2, 0) is 20.9 Å². The lowest BCUT2D eigenvalue weighted by atomic mass is 10.3. The summed E-state index contributed by atoms with van der Waals surface area (Å²) in [4.78, 5) is 19.1. The molecule has 1 atom stereocenters. The van der Waals surface area contributed by atoms with Crippen molar-refractivity contribution in [1.29, 1.82) is 0 Å². The summed E-state index contributed by atoms with van der Waals surface area (Å²) in [7, 11) is 1.54. The molecule has 1 fully saturated rings. The van der Waals surface area contributed by atoms with Gasteiger partial charge in [0.25, 0.3) is 5.91 Å². The number of nitrogens with two attached hydrogens (primary N) is 1. The molecule has 1 amide bonds. The molecule has 7 heteroatoms. The maximum atomic E-state index is 12.2. The lowest BCUT2D eigenvalue weighted by molar-refractivity contribution is -0.137. The Morgan fingerprint density at radius 1 is 1.62 bits per heavy atom.